The van der Waals surface area contributed by atoms with Crippen LogP contribution < -0.4 is 5.32 Å². The molecular formula is C28H38N2O3. The van der Waals surface area contributed by atoms with Crippen molar-refractivity contribution in [1.82, 2.24) is 10.2 Å². The lowest BCUT2D eigenvalue weighted by Crippen LogP contribution is -2.42. The molecule has 1 fully saturated rings. The molecule has 3 rings (SSSR count). The van der Waals surface area contributed by atoms with E-state index in [-0.39, 0.29) is 24.1 Å². The summed E-state index contributed by atoms with van der Waals surface area (Å²) in [5.41, 5.74) is 5.48. The van der Waals surface area contributed by atoms with Gasteiger partial charge in [0, 0.05) is 25.2 Å². The number of benzene rings is 2. The summed E-state index contributed by atoms with van der Waals surface area (Å²) in [6.45, 7) is 11.9. The SMILES string of the molecule is C=C(C)c1ccc(C)cc1-c1c(O)cc(CCCCC)c(CNC(=O)N2CCCCC2)c1O. The van der Waals surface area contributed by atoms with Gasteiger partial charge in [-0.15, -0.1) is 0 Å². The number of phenols is 2. The third-order valence-corrected chi connectivity index (χ3v) is 6.49. The van der Waals surface area contributed by atoms with Crippen LogP contribution in [0.4, 0.5) is 4.79 Å². The molecule has 0 unspecified atom stereocenters. The van der Waals surface area contributed by atoms with E-state index in [4.69, 9.17) is 0 Å². The number of carbonyl (C=O) groups excluding carboxylic acids is 1. The van der Waals surface area contributed by atoms with Crippen LogP contribution in [0.15, 0.2) is 30.8 Å². The minimum Gasteiger partial charge on any atom is -0.507 e. The van der Waals surface area contributed by atoms with E-state index in [1.54, 1.807) is 6.07 Å². The Morgan fingerprint density at radius 1 is 1.12 bits per heavy atom. The molecule has 0 saturated carbocycles. The van der Waals surface area contributed by atoms with Gasteiger partial charge in [-0.25, -0.2) is 4.79 Å². The van der Waals surface area contributed by atoms with Gasteiger partial charge in [-0.05, 0) is 68.7 Å². The molecule has 1 saturated heterocycles. The number of hydrogen-bond acceptors (Lipinski definition) is 3. The number of likely N-dealkylation sites (tertiary alicyclic amines) is 1. The Morgan fingerprint density at radius 3 is 2.52 bits per heavy atom. The third-order valence-electron chi connectivity index (χ3n) is 6.49. The number of piperidine rings is 1. The van der Waals surface area contributed by atoms with Gasteiger partial charge >= 0.3 is 6.03 Å². The molecule has 0 radical (unpaired) electrons. The summed E-state index contributed by atoms with van der Waals surface area (Å²) < 4.78 is 0. The fraction of sp³-hybridized carbons (Fsp3) is 0.464. The monoisotopic (exact) mass is 450 g/mol. The summed E-state index contributed by atoms with van der Waals surface area (Å²) in [4.78, 5) is 14.6. The predicted octanol–water partition coefficient (Wildman–Crippen LogP) is 6.53. The zero-order valence-electron chi connectivity index (χ0n) is 20.3. The molecule has 2 aromatic carbocycles. The van der Waals surface area contributed by atoms with E-state index in [2.05, 4.69) is 18.8 Å². The minimum absolute atomic E-state index is 0.0357. The number of amides is 2. The Kier molecular flexibility index (Phi) is 8.43. The van der Waals surface area contributed by atoms with Gasteiger partial charge in [0.25, 0.3) is 0 Å². The molecule has 3 N–H and O–H groups in total. The number of nitrogens with zero attached hydrogens (tertiary/aromatic N) is 1. The first kappa shape index (κ1) is 24.7. The molecule has 5 nitrogen and oxygen atoms in total. The van der Waals surface area contributed by atoms with Crippen LogP contribution in [0.3, 0.4) is 0 Å². The maximum atomic E-state index is 12.7. The highest BCUT2D eigenvalue weighted by Crippen LogP contribution is 2.44. The van der Waals surface area contributed by atoms with E-state index in [0.717, 1.165) is 85.9 Å². The van der Waals surface area contributed by atoms with Crippen LogP contribution in [0.25, 0.3) is 16.7 Å². The first-order valence-corrected chi connectivity index (χ1v) is 12.2. The lowest BCUT2D eigenvalue weighted by atomic mass is 9.89. The lowest BCUT2D eigenvalue weighted by Gasteiger charge is -2.27. The zero-order valence-corrected chi connectivity index (χ0v) is 20.3. The van der Waals surface area contributed by atoms with Gasteiger partial charge in [0.05, 0.1) is 5.56 Å². The predicted molar refractivity (Wildman–Crippen MR) is 136 cm³/mol. The number of phenolic OH excluding ortho intramolecular Hbond substituents is 2. The van der Waals surface area contributed by atoms with Crippen LogP contribution in [0.5, 0.6) is 11.5 Å². The second-order valence-corrected chi connectivity index (χ2v) is 9.25. The van der Waals surface area contributed by atoms with E-state index in [9.17, 15) is 15.0 Å². The van der Waals surface area contributed by atoms with Crippen LogP contribution in [-0.4, -0.2) is 34.2 Å². The highest BCUT2D eigenvalue weighted by atomic mass is 16.3. The van der Waals surface area contributed by atoms with Crippen molar-refractivity contribution in [3.63, 3.8) is 0 Å². The topological polar surface area (TPSA) is 72.8 Å². The number of hydrogen-bond donors (Lipinski definition) is 3. The van der Waals surface area contributed by atoms with Gasteiger partial charge in [0.1, 0.15) is 11.5 Å². The number of aromatic hydroxyl groups is 2. The van der Waals surface area contributed by atoms with E-state index in [1.165, 1.54) is 0 Å². The first-order valence-electron chi connectivity index (χ1n) is 12.2. The average Bonchev–Trinajstić information content (AvgIpc) is 2.79. The molecule has 1 aliphatic rings. The Bertz CT molecular complexity index is 1010. The van der Waals surface area contributed by atoms with Crippen molar-refractivity contribution in [3.05, 3.63) is 53.1 Å². The fourth-order valence-corrected chi connectivity index (χ4v) is 4.61. The second-order valence-electron chi connectivity index (χ2n) is 9.25. The number of unbranched alkanes of at least 4 members (excludes halogenated alkanes) is 2. The van der Waals surface area contributed by atoms with Gasteiger partial charge in [0.15, 0.2) is 0 Å². The minimum atomic E-state index is -0.0959. The van der Waals surface area contributed by atoms with Crippen molar-refractivity contribution in [1.29, 1.82) is 0 Å². The number of allylic oxidation sites excluding steroid dienone is 1. The highest BCUT2D eigenvalue weighted by molar-refractivity contribution is 5.87. The Labute approximate surface area is 198 Å². The summed E-state index contributed by atoms with van der Waals surface area (Å²) in [5, 5.41) is 25.4. The Hall–Kier alpha value is -2.95. The largest absolute Gasteiger partial charge is 0.507 e. The smallest absolute Gasteiger partial charge is 0.317 e. The fourth-order valence-electron chi connectivity index (χ4n) is 4.61. The van der Waals surface area contributed by atoms with Crippen molar-refractivity contribution < 1.29 is 15.0 Å². The molecule has 5 heteroatoms. The lowest BCUT2D eigenvalue weighted by molar-refractivity contribution is 0.186. The number of carbonyl (C=O) groups is 1. The van der Waals surface area contributed by atoms with Gasteiger partial charge in [-0.3, -0.25) is 0 Å². The van der Waals surface area contributed by atoms with Crippen LogP contribution >= 0.6 is 0 Å². The second kappa shape index (κ2) is 11.3. The van der Waals surface area contributed by atoms with Crippen LogP contribution in [0, 0.1) is 6.92 Å². The molecule has 2 amide bonds. The van der Waals surface area contributed by atoms with Gasteiger partial charge in [0.2, 0.25) is 0 Å². The van der Waals surface area contributed by atoms with E-state index < -0.39 is 0 Å². The van der Waals surface area contributed by atoms with E-state index in [1.807, 2.05) is 36.9 Å². The van der Waals surface area contributed by atoms with E-state index in [0.29, 0.717) is 11.1 Å². The summed E-state index contributed by atoms with van der Waals surface area (Å²) in [7, 11) is 0. The maximum Gasteiger partial charge on any atom is 0.317 e. The highest BCUT2D eigenvalue weighted by Gasteiger charge is 2.23. The van der Waals surface area contributed by atoms with Crippen LogP contribution in [0.2, 0.25) is 0 Å². The molecule has 1 heterocycles. The molecule has 0 bridgehead atoms. The number of aryl methyl sites for hydroxylation is 2. The van der Waals surface area contributed by atoms with E-state index >= 15 is 0 Å². The molecule has 0 atom stereocenters. The molecule has 0 spiro atoms. The van der Waals surface area contributed by atoms with Crippen molar-refractivity contribution in [2.45, 2.75) is 72.3 Å². The normalized spacial score (nSPS) is 13.7. The number of urea groups is 1. The summed E-state index contributed by atoms with van der Waals surface area (Å²) >= 11 is 0. The summed E-state index contributed by atoms with van der Waals surface area (Å²) in [5.74, 6) is 0.0896. The molecular weight excluding hydrogens is 412 g/mol. The van der Waals surface area contributed by atoms with Crippen molar-refractivity contribution in [2.75, 3.05) is 13.1 Å². The van der Waals surface area contributed by atoms with Gasteiger partial charge < -0.3 is 20.4 Å². The molecule has 1 aliphatic heterocycles. The number of nitrogens with one attached hydrogen (secondary N) is 1. The Balaban J connectivity index is 2.01. The molecule has 33 heavy (non-hydrogen) atoms. The first-order chi connectivity index (χ1) is 15.8. The molecule has 178 valence electrons. The van der Waals surface area contributed by atoms with Crippen molar-refractivity contribution in [3.8, 4) is 22.6 Å². The standard InChI is InChI=1S/C28H38N2O3/c1-5-6-8-11-21-17-25(31)26(23-16-20(4)12-13-22(23)19(2)3)27(32)24(21)18-29-28(33)30-14-9-7-10-15-30/h12-13,16-17,31-32H,2,5-11,14-15,18H2,1,3-4H3,(H,29,33). The van der Waals surface area contributed by atoms with Crippen molar-refractivity contribution in [2.24, 2.45) is 0 Å². The van der Waals surface area contributed by atoms with Crippen molar-refractivity contribution >= 4 is 11.6 Å². The van der Waals surface area contributed by atoms with Crippen LogP contribution in [-0.2, 0) is 13.0 Å². The number of rotatable bonds is 8. The summed E-state index contributed by atoms with van der Waals surface area (Å²) in [6.07, 6.45) is 7.08. The van der Waals surface area contributed by atoms with Gasteiger partial charge in [-0.1, -0.05) is 55.7 Å². The maximum absolute atomic E-state index is 12.7. The third kappa shape index (κ3) is 5.89. The quantitative estimate of drug-likeness (QED) is 0.400. The molecule has 0 aromatic heterocycles. The zero-order chi connectivity index (χ0) is 24.0. The average molecular weight is 451 g/mol. The van der Waals surface area contributed by atoms with Gasteiger partial charge in [-0.2, -0.15) is 0 Å². The Morgan fingerprint density at radius 2 is 1.85 bits per heavy atom. The molecule has 2 aromatic rings. The van der Waals surface area contributed by atoms with Crippen LogP contribution in [0.1, 0.15) is 74.6 Å². The summed E-state index contributed by atoms with van der Waals surface area (Å²) in [6, 6.07) is 7.60. The molecule has 0 aliphatic carbocycles.